The molecule has 0 saturated carbocycles. The summed E-state index contributed by atoms with van der Waals surface area (Å²) in [5.74, 6) is 0.0574. The maximum Gasteiger partial charge on any atom is 0.270 e. The fourth-order valence-corrected chi connectivity index (χ4v) is 6.87. The van der Waals surface area contributed by atoms with E-state index in [0.717, 1.165) is 23.3 Å². The van der Waals surface area contributed by atoms with Crippen LogP contribution < -0.4 is 0 Å². The number of piperazine rings is 1. The average Bonchev–Trinajstić information content (AvgIpc) is 3.18. The highest BCUT2D eigenvalue weighted by molar-refractivity contribution is 7.89. The summed E-state index contributed by atoms with van der Waals surface area (Å²) in [6.07, 6.45) is 0.975. The van der Waals surface area contributed by atoms with Gasteiger partial charge in [-0.1, -0.05) is 37.6 Å². The monoisotopic (exact) mass is 521 g/mol. The largest absolute Gasteiger partial charge is 0.335 e. The Morgan fingerprint density at radius 1 is 1.15 bits per heavy atom. The number of carbonyl (C=O) groups excluding carboxylic acids is 1. The smallest absolute Gasteiger partial charge is 0.270 e. The van der Waals surface area contributed by atoms with E-state index in [-0.39, 0.29) is 47.7 Å². The number of fused-ring (bicyclic) bond motifs is 1. The van der Waals surface area contributed by atoms with E-state index in [9.17, 15) is 23.3 Å². The minimum atomic E-state index is -3.66. The van der Waals surface area contributed by atoms with Crippen molar-refractivity contribution in [2.45, 2.75) is 31.1 Å². The molecule has 1 unspecified atom stereocenters. The fraction of sp³-hybridized carbons (Fsp3) is 0.348. The molecule has 0 bridgehead atoms. The van der Waals surface area contributed by atoms with Gasteiger partial charge in [0.25, 0.3) is 11.6 Å². The van der Waals surface area contributed by atoms with Crippen molar-refractivity contribution >= 4 is 54.6 Å². The van der Waals surface area contributed by atoms with Crippen LogP contribution in [0.25, 0.3) is 10.1 Å². The van der Waals surface area contributed by atoms with E-state index in [1.165, 1.54) is 16.4 Å². The van der Waals surface area contributed by atoms with Gasteiger partial charge >= 0.3 is 0 Å². The SMILES string of the molecule is CCC(C)c1ccc(S(=O)(=O)N2CCN(C(=O)c3sc4cc([N+](=O)[O-])ccc4c3Cl)CC2)cc1. The van der Waals surface area contributed by atoms with Crippen LogP contribution in [0.5, 0.6) is 0 Å². The molecule has 1 atom stereocenters. The molecule has 1 aliphatic heterocycles. The van der Waals surface area contributed by atoms with Gasteiger partial charge in [0.2, 0.25) is 10.0 Å². The maximum atomic E-state index is 13.1. The molecule has 180 valence electrons. The molecule has 2 heterocycles. The van der Waals surface area contributed by atoms with Crippen molar-refractivity contribution in [1.29, 1.82) is 0 Å². The van der Waals surface area contributed by atoms with Gasteiger partial charge in [-0.3, -0.25) is 14.9 Å². The topological polar surface area (TPSA) is 101 Å². The standard InChI is InChI=1S/C23H24ClN3O5S2/c1-3-15(2)16-4-7-18(8-5-16)34(31,32)26-12-10-25(11-13-26)23(28)22-21(24)19-9-6-17(27(29)30)14-20(19)33-22/h4-9,14-15H,3,10-13H2,1-2H3. The number of hydrogen-bond acceptors (Lipinski definition) is 6. The van der Waals surface area contributed by atoms with Crippen molar-refractivity contribution in [3.8, 4) is 0 Å². The average molecular weight is 522 g/mol. The summed E-state index contributed by atoms with van der Waals surface area (Å²) in [7, 11) is -3.66. The zero-order chi connectivity index (χ0) is 24.6. The van der Waals surface area contributed by atoms with Crippen molar-refractivity contribution in [1.82, 2.24) is 9.21 Å². The third-order valence-electron chi connectivity index (χ3n) is 6.24. The van der Waals surface area contributed by atoms with Gasteiger partial charge < -0.3 is 4.90 Å². The van der Waals surface area contributed by atoms with Gasteiger partial charge in [0.05, 0.1) is 14.8 Å². The van der Waals surface area contributed by atoms with Crippen LogP contribution in [-0.2, 0) is 10.0 Å². The number of nitro benzene ring substituents is 1. The third kappa shape index (κ3) is 4.55. The van der Waals surface area contributed by atoms with E-state index in [1.54, 1.807) is 23.1 Å². The number of carbonyl (C=O) groups is 1. The van der Waals surface area contributed by atoms with Gasteiger partial charge in [0, 0.05) is 48.4 Å². The first-order valence-corrected chi connectivity index (χ1v) is 13.5. The Morgan fingerprint density at radius 3 is 2.38 bits per heavy atom. The Kier molecular flexibility index (Phi) is 6.95. The number of non-ortho nitro benzene ring substituents is 1. The summed E-state index contributed by atoms with van der Waals surface area (Å²) in [6.45, 7) is 5.00. The van der Waals surface area contributed by atoms with E-state index in [1.807, 2.05) is 12.1 Å². The highest BCUT2D eigenvalue weighted by atomic mass is 35.5. The zero-order valence-corrected chi connectivity index (χ0v) is 21.1. The highest BCUT2D eigenvalue weighted by Gasteiger charge is 2.32. The van der Waals surface area contributed by atoms with Crippen molar-refractivity contribution in [2.24, 2.45) is 0 Å². The zero-order valence-electron chi connectivity index (χ0n) is 18.7. The van der Waals surface area contributed by atoms with Crippen molar-refractivity contribution in [3.63, 3.8) is 0 Å². The van der Waals surface area contributed by atoms with Crippen LogP contribution in [0.2, 0.25) is 5.02 Å². The summed E-state index contributed by atoms with van der Waals surface area (Å²) in [6, 6.07) is 11.3. The molecule has 11 heteroatoms. The molecule has 3 aromatic rings. The van der Waals surface area contributed by atoms with Crippen LogP contribution in [0.4, 0.5) is 5.69 Å². The molecule has 1 aromatic heterocycles. The van der Waals surface area contributed by atoms with E-state index in [2.05, 4.69) is 13.8 Å². The lowest BCUT2D eigenvalue weighted by Crippen LogP contribution is -2.50. The number of sulfonamides is 1. The normalized spacial score (nSPS) is 16.0. The first-order chi connectivity index (χ1) is 16.1. The molecule has 0 aliphatic carbocycles. The first-order valence-electron chi connectivity index (χ1n) is 10.9. The third-order valence-corrected chi connectivity index (χ3v) is 9.80. The predicted octanol–water partition coefficient (Wildman–Crippen LogP) is 5.12. The second-order valence-electron chi connectivity index (χ2n) is 8.26. The van der Waals surface area contributed by atoms with Gasteiger partial charge in [0.1, 0.15) is 4.88 Å². The van der Waals surface area contributed by atoms with Crippen molar-refractivity contribution in [2.75, 3.05) is 26.2 Å². The Labute approximate surface area is 206 Å². The maximum absolute atomic E-state index is 13.1. The van der Waals surface area contributed by atoms with Crippen LogP contribution in [0.15, 0.2) is 47.4 Å². The highest BCUT2D eigenvalue weighted by Crippen LogP contribution is 2.38. The van der Waals surface area contributed by atoms with Crippen LogP contribution in [0.3, 0.4) is 0 Å². The second-order valence-corrected chi connectivity index (χ2v) is 11.6. The molecule has 0 spiro atoms. The molecule has 1 fully saturated rings. The number of nitrogens with zero attached hydrogens (tertiary/aromatic N) is 3. The minimum absolute atomic E-state index is 0.0691. The first kappa shape index (κ1) is 24.6. The summed E-state index contributed by atoms with van der Waals surface area (Å²) in [5.41, 5.74) is 1.03. The molecular weight excluding hydrogens is 498 g/mol. The molecule has 34 heavy (non-hydrogen) atoms. The van der Waals surface area contributed by atoms with E-state index >= 15 is 0 Å². The number of halogens is 1. The predicted molar refractivity (Wildman–Crippen MR) is 133 cm³/mol. The quantitative estimate of drug-likeness (QED) is 0.331. The van der Waals surface area contributed by atoms with E-state index < -0.39 is 14.9 Å². The van der Waals surface area contributed by atoms with Crippen molar-refractivity contribution in [3.05, 3.63) is 68.0 Å². The molecule has 1 aliphatic rings. The van der Waals surface area contributed by atoms with Crippen LogP contribution in [0.1, 0.15) is 41.4 Å². The molecule has 0 N–H and O–H groups in total. The molecule has 1 amide bonds. The number of nitro groups is 1. The molecule has 0 radical (unpaired) electrons. The summed E-state index contributed by atoms with van der Waals surface area (Å²) in [5, 5.41) is 11.9. The molecule has 8 nitrogen and oxygen atoms in total. The number of thiophene rings is 1. The van der Waals surface area contributed by atoms with E-state index in [0.29, 0.717) is 20.9 Å². The summed E-state index contributed by atoms with van der Waals surface area (Å²) < 4.78 is 28.1. The second kappa shape index (κ2) is 9.61. The number of amides is 1. The summed E-state index contributed by atoms with van der Waals surface area (Å²) in [4.78, 5) is 25.8. The van der Waals surface area contributed by atoms with Gasteiger partial charge in [-0.05, 0) is 36.1 Å². The molecular formula is C23H24ClN3O5S2. The van der Waals surface area contributed by atoms with Crippen LogP contribution in [-0.4, -0.2) is 54.6 Å². The van der Waals surface area contributed by atoms with Gasteiger partial charge in [0.15, 0.2) is 0 Å². The van der Waals surface area contributed by atoms with Crippen LogP contribution in [0, 0.1) is 10.1 Å². The van der Waals surface area contributed by atoms with E-state index in [4.69, 9.17) is 11.6 Å². The lowest BCUT2D eigenvalue weighted by atomic mass is 9.99. The summed E-state index contributed by atoms with van der Waals surface area (Å²) >= 11 is 7.52. The minimum Gasteiger partial charge on any atom is -0.335 e. The Hall–Kier alpha value is -2.53. The molecule has 4 rings (SSSR count). The number of rotatable bonds is 6. The fourth-order valence-electron chi connectivity index (χ4n) is 3.93. The lowest BCUT2D eigenvalue weighted by molar-refractivity contribution is -0.384. The van der Waals surface area contributed by atoms with Gasteiger partial charge in [-0.15, -0.1) is 11.3 Å². The van der Waals surface area contributed by atoms with Crippen molar-refractivity contribution < 1.29 is 18.1 Å². The Bertz CT molecular complexity index is 1350. The van der Waals surface area contributed by atoms with Gasteiger partial charge in [-0.25, -0.2) is 8.42 Å². The molecule has 1 saturated heterocycles. The number of hydrogen-bond donors (Lipinski definition) is 0. The lowest BCUT2D eigenvalue weighted by Gasteiger charge is -2.33. The Balaban J connectivity index is 1.47. The van der Waals surface area contributed by atoms with Crippen LogP contribution >= 0.6 is 22.9 Å². The molecule has 2 aromatic carbocycles. The van der Waals surface area contributed by atoms with Gasteiger partial charge in [-0.2, -0.15) is 4.31 Å². The Morgan fingerprint density at radius 2 is 1.79 bits per heavy atom. The number of benzene rings is 2.